The molecule has 80 valence electrons. The lowest BCUT2D eigenvalue weighted by molar-refractivity contribution is -0.136. The highest BCUT2D eigenvalue weighted by molar-refractivity contribution is 5.87. The molecule has 0 atom stereocenters. The summed E-state index contributed by atoms with van der Waals surface area (Å²) in [6.07, 6.45) is 4.39. The highest BCUT2D eigenvalue weighted by Crippen LogP contribution is 2.25. The third-order valence-corrected chi connectivity index (χ3v) is 2.70. The van der Waals surface area contributed by atoms with Gasteiger partial charge in [-0.05, 0) is 25.7 Å². The molecule has 14 heavy (non-hydrogen) atoms. The number of carbonyl (C=O) groups excluding carboxylic acids is 1. The summed E-state index contributed by atoms with van der Waals surface area (Å²) in [4.78, 5) is 11.0. The van der Waals surface area contributed by atoms with Crippen molar-refractivity contribution >= 4 is 5.97 Å². The zero-order valence-corrected chi connectivity index (χ0v) is 9.17. The molecular weight excluding hydrogens is 178 g/mol. The summed E-state index contributed by atoms with van der Waals surface area (Å²) in [7, 11) is 1.40. The lowest BCUT2D eigenvalue weighted by Crippen LogP contribution is -2.40. The maximum Gasteiger partial charge on any atom is 0.333 e. The number of carbonyl (C=O) groups is 1. The average molecular weight is 197 g/mol. The Labute approximate surface area is 85.5 Å². The van der Waals surface area contributed by atoms with Crippen molar-refractivity contribution in [3.63, 3.8) is 0 Å². The van der Waals surface area contributed by atoms with E-state index in [1.165, 1.54) is 20.0 Å². The number of hydrogen-bond acceptors (Lipinski definition) is 3. The van der Waals surface area contributed by atoms with Crippen molar-refractivity contribution in [2.24, 2.45) is 5.92 Å². The van der Waals surface area contributed by atoms with Gasteiger partial charge in [0.15, 0.2) is 0 Å². The van der Waals surface area contributed by atoms with E-state index >= 15 is 0 Å². The Bertz CT molecular complexity index is 229. The second-order valence-electron chi connectivity index (χ2n) is 4.06. The van der Waals surface area contributed by atoms with E-state index in [4.69, 9.17) is 0 Å². The number of rotatable bonds is 4. The van der Waals surface area contributed by atoms with Crippen molar-refractivity contribution in [2.45, 2.75) is 32.7 Å². The van der Waals surface area contributed by atoms with Crippen molar-refractivity contribution < 1.29 is 9.53 Å². The van der Waals surface area contributed by atoms with E-state index < -0.39 is 0 Å². The van der Waals surface area contributed by atoms with E-state index in [1.807, 2.05) is 6.08 Å². The Hall–Kier alpha value is -0.830. The van der Waals surface area contributed by atoms with Crippen LogP contribution in [-0.2, 0) is 9.53 Å². The summed E-state index contributed by atoms with van der Waals surface area (Å²) >= 11 is 0. The Kier molecular flexibility index (Phi) is 4.14. The molecule has 1 rings (SSSR count). The fraction of sp³-hybridized carbons (Fsp3) is 0.727. The summed E-state index contributed by atoms with van der Waals surface area (Å²) in [6.45, 7) is 4.79. The van der Waals surface area contributed by atoms with Gasteiger partial charge >= 0.3 is 5.97 Å². The average Bonchev–Trinajstić information content (AvgIpc) is 2.13. The fourth-order valence-corrected chi connectivity index (χ4v) is 1.69. The second-order valence-corrected chi connectivity index (χ2v) is 4.06. The van der Waals surface area contributed by atoms with Crippen molar-refractivity contribution in [2.75, 3.05) is 13.7 Å². The van der Waals surface area contributed by atoms with Gasteiger partial charge < -0.3 is 10.1 Å². The minimum absolute atomic E-state index is 0.242. The van der Waals surface area contributed by atoms with Crippen LogP contribution in [0.2, 0.25) is 0 Å². The quantitative estimate of drug-likeness (QED) is 0.548. The molecule has 1 saturated carbocycles. The molecular formula is C11H19NO2. The van der Waals surface area contributed by atoms with Crippen LogP contribution in [0.3, 0.4) is 0 Å². The molecule has 0 bridgehead atoms. The molecule has 1 aliphatic rings. The van der Waals surface area contributed by atoms with Gasteiger partial charge in [0.2, 0.25) is 0 Å². The number of ether oxygens (including phenoxy) is 1. The van der Waals surface area contributed by atoms with Gasteiger partial charge in [-0.1, -0.05) is 13.0 Å². The molecule has 0 aliphatic heterocycles. The molecule has 0 amide bonds. The maximum atomic E-state index is 11.0. The molecule has 0 heterocycles. The zero-order valence-electron chi connectivity index (χ0n) is 9.17. The van der Waals surface area contributed by atoms with Gasteiger partial charge in [-0.3, -0.25) is 0 Å². The molecule has 1 aliphatic carbocycles. The highest BCUT2D eigenvalue weighted by Gasteiger charge is 2.23. The molecule has 0 unspecified atom stereocenters. The third-order valence-electron chi connectivity index (χ3n) is 2.70. The molecule has 0 aromatic heterocycles. The molecule has 0 aromatic rings. The van der Waals surface area contributed by atoms with Crippen LogP contribution >= 0.6 is 0 Å². The van der Waals surface area contributed by atoms with Crippen LogP contribution in [-0.4, -0.2) is 25.7 Å². The molecule has 0 radical (unpaired) electrons. The molecule has 0 saturated heterocycles. The van der Waals surface area contributed by atoms with Crippen LogP contribution in [0.5, 0.6) is 0 Å². The zero-order chi connectivity index (χ0) is 10.6. The molecule has 0 aromatic carbocycles. The number of esters is 1. The van der Waals surface area contributed by atoms with E-state index in [-0.39, 0.29) is 5.97 Å². The van der Waals surface area contributed by atoms with Gasteiger partial charge in [-0.25, -0.2) is 4.79 Å². The molecule has 0 spiro atoms. The topological polar surface area (TPSA) is 38.3 Å². The lowest BCUT2D eigenvalue weighted by Gasteiger charge is -2.33. The Balaban J connectivity index is 2.16. The van der Waals surface area contributed by atoms with Crippen molar-refractivity contribution in [1.82, 2.24) is 5.32 Å². The van der Waals surface area contributed by atoms with Crippen LogP contribution in [0.4, 0.5) is 0 Å². The summed E-state index contributed by atoms with van der Waals surface area (Å²) in [5, 5.41) is 3.38. The van der Waals surface area contributed by atoms with Crippen LogP contribution in [0.25, 0.3) is 0 Å². The van der Waals surface area contributed by atoms with Crippen molar-refractivity contribution in [1.29, 1.82) is 0 Å². The summed E-state index contributed by atoms with van der Waals surface area (Å²) < 4.78 is 4.59. The summed E-state index contributed by atoms with van der Waals surface area (Å²) in [5.74, 6) is 0.618. The van der Waals surface area contributed by atoms with Gasteiger partial charge in [-0.2, -0.15) is 0 Å². The highest BCUT2D eigenvalue weighted by atomic mass is 16.5. The SMILES string of the molecule is COC(=O)C(C)=CCNC1CC(C)C1. The van der Waals surface area contributed by atoms with E-state index in [9.17, 15) is 4.79 Å². The van der Waals surface area contributed by atoms with Gasteiger partial charge in [0.1, 0.15) is 0 Å². The molecule has 1 fully saturated rings. The van der Waals surface area contributed by atoms with E-state index in [0.29, 0.717) is 11.6 Å². The minimum atomic E-state index is -0.242. The minimum Gasteiger partial charge on any atom is -0.466 e. The summed E-state index contributed by atoms with van der Waals surface area (Å²) in [6, 6.07) is 0.645. The number of methoxy groups -OCH3 is 1. The van der Waals surface area contributed by atoms with Crippen LogP contribution in [0.1, 0.15) is 26.7 Å². The Morgan fingerprint density at radius 1 is 1.57 bits per heavy atom. The first-order valence-electron chi connectivity index (χ1n) is 5.12. The monoisotopic (exact) mass is 197 g/mol. The van der Waals surface area contributed by atoms with Crippen LogP contribution < -0.4 is 5.32 Å². The van der Waals surface area contributed by atoms with E-state index in [0.717, 1.165) is 12.5 Å². The van der Waals surface area contributed by atoms with E-state index in [1.54, 1.807) is 6.92 Å². The van der Waals surface area contributed by atoms with Crippen molar-refractivity contribution in [3.8, 4) is 0 Å². The smallest absolute Gasteiger partial charge is 0.333 e. The predicted molar refractivity (Wildman–Crippen MR) is 56.0 cm³/mol. The lowest BCUT2D eigenvalue weighted by atomic mass is 9.82. The first kappa shape index (κ1) is 11.2. The Morgan fingerprint density at radius 2 is 2.21 bits per heavy atom. The van der Waals surface area contributed by atoms with Crippen LogP contribution in [0.15, 0.2) is 11.6 Å². The normalized spacial score (nSPS) is 26.9. The van der Waals surface area contributed by atoms with Gasteiger partial charge in [-0.15, -0.1) is 0 Å². The maximum absolute atomic E-state index is 11.0. The molecule has 3 heteroatoms. The van der Waals surface area contributed by atoms with Gasteiger partial charge in [0.25, 0.3) is 0 Å². The van der Waals surface area contributed by atoms with Gasteiger partial charge in [0, 0.05) is 18.2 Å². The Morgan fingerprint density at radius 3 is 2.71 bits per heavy atom. The molecule has 1 N–H and O–H groups in total. The number of nitrogens with one attached hydrogen (secondary N) is 1. The van der Waals surface area contributed by atoms with Crippen LogP contribution in [0, 0.1) is 5.92 Å². The van der Waals surface area contributed by atoms with Crippen molar-refractivity contribution in [3.05, 3.63) is 11.6 Å². The van der Waals surface area contributed by atoms with Gasteiger partial charge in [0.05, 0.1) is 7.11 Å². The first-order valence-corrected chi connectivity index (χ1v) is 5.12. The second kappa shape index (κ2) is 5.15. The fourth-order valence-electron chi connectivity index (χ4n) is 1.69. The summed E-state index contributed by atoms with van der Waals surface area (Å²) in [5.41, 5.74) is 0.673. The standard InChI is InChI=1S/C11H19NO2/c1-8-6-10(7-8)12-5-4-9(2)11(13)14-3/h4,8,10,12H,5-7H2,1-3H3. The first-order chi connectivity index (χ1) is 6.63. The van der Waals surface area contributed by atoms with E-state index in [2.05, 4.69) is 17.0 Å². The predicted octanol–water partition coefficient (Wildman–Crippen LogP) is 1.49. The number of hydrogen-bond donors (Lipinski definition) is 1. The third kappa shape index (κ3) is 3.14. The molecule has 3 nitrogen and oxygen atoms in total. The largest absolute Gasteiger partial charge is 0.466 e.